The average molecular weight is 125 g/mol. The molecule has 0 amide bonds. The van der Waals surface area contributed by atoms with Gasteiger partial charge in [-0.05, 0) is 0 Å². The van der Waals surface area contributed by atoms with Crippen molar-refractivity contribution in [3.8, 4) is 0 Å². The summed E-state index contributed by atoms with van der Waals surface area (Å²) < 4.78 is 0. The van der Waals surface area contributed by atoms with E-state index in [1.165, 1.54) is 0 Å². The van der Waals surface area contributed by atoms with Crippen LogP contribution >= 0.6 is 0 Å². The Bertz CT molecular complexity index is 164. The van der Waals surface area contributed by atoms with Gasteiger partial charge in [0.05, 0.1) is 18.2 Å². The molecule has 0 bridgehead atoms. The monoisotopic (exact) mass is 125 g/mol. The zero-order valence-corrected chi connectivity index (χ0v) is 4.63. The highest BCUT2D eigenvalue weighted by atomic mass is 14.9. The molecule has 3 nitrogen and oxygen atoms in total. The summed E-state index contributed by atoms with van der Waals surface area (Å²) in [6.45, 7) is 0. The highest BCUT2D eigenvalue weighted by molar-refractivity contribution is 5.76. The number of aliphatic imine (C=N–C) groups is 1. The maximum absolute atomic E-state index is 3.79. The van der Waals surface area contributed by atoms with Crippen molar-refractivity contribution in [1.29, 1.82) is 0 Å². The van der Waals surface area contributed by atoms with E-state index in [1.807, 2.05) is 0 Å². The van der Waals surface area contributed by atoms with Crippen LogP contribution in [0.15, 0.2) is 17.5 Å². The SMILES string of the molecule is C.CN=Cc1cnc[nH]1. The largest absolute Gasteiger partial charge is 0.344 e. The predicted molar refractivity (Wildman–Crippen MR) is 38.8 cm³/mol. The van der Waals surface area contributed by atoms with Gasteiger partial charge in [0.2, 0.25) is 0 Å². The molecule has 1 rings (SSSR count). The van der Waals surface area contributed by atoms with E-state index in [4.69, 9.17) is 0 Å². The van der Waals surface area contributed by atoms with Gasteiger partial charge in [-0.2, -0.15) is 0 Å². The van der Waals surface area contributed by atoms with Crippen LogP contribution in [0.2, 0.25) is 0 Å². The molecule has 0 saturated heterocycles. The van der Waals surface area contributed by atoms with Gasteiger partial charge in [-0.15, -0.1) is 0 Å². The topological polar surface area (TPSA) is 41.0 Å². The molecule has 1 N–H and O–H groups in total. The van der Waals surface area contributed by atoms with Crippen molar-refractivity contribution in [2.75, 3.05) is 7.05 Å². The molecule has 0 aliphatic heterocycles. The van der Waals surface area contributed by atoms with Crippen molar-refractivity contribution < 1.29 is 0 Å². The second-order valence-electron chi connectivity index (χ2n) is 1.39. The van der Waals surface area contributed by atoms with Crippen molar-refractivity contribution in [3.05, 3.63) is 18.2 Å². The second-order valence-corrected chi connectivity index (χ2v) is 1.39. The third-order valence-corrected chi connectivity index (χ3v) is 0.788. The standard InChI is InChI=1S/C5H7N3.CH4/c1-6-2-5-3-7-4-8-5;/h2-4H,1H3,(H,7,8);1H4. The first-order valence-corrected chi connectivity index (χ1v) is 2.34. The molecule has 1 aromatic rings. The summed E-state index contributed by atoms with van der Waals surface area (Å²) in [5.74, 6) is 0. The van der Waals surface area contributed by atoms with E-state index in [1.54, 1.807) is 25.8 Å². The molecule has 1 aromatic heterocycles. The third kappa shape index (κ3) is 2.08. The maximum Gasteiger partial charge on any atom is 0.0924 e. The summed E-state index contributed by atoms with van der Waals surface area (Å²) in [5.41, 5.74) is 0.938. The van der Waals surface area contributed by atoms with E-state index in [2.05, 4.69) is 15.0 Å². The first-order valence-electron chi connectivity index (χ1n) is 2.34. The summed E-state index contributed by atoms with van der Waals surface area (Å²) in [7, 11) is 1.72. The van der Waals surface area contributed by atoms with E-state index in [9.17, 15) is 0 Å². The van der Waals surface area contributed by atoms with Gasteiger partial charge in [0, 0.05) is 13.3 Å². The summed E-state index contributed by atoms with van der Waals surface area (Å²) in [4.78, 5) is 10.5. The fourth-order valence-electron chi connectivity index (χ4n) is 0.476. The minimum atomic E-state index is 0. The van der Waals surface area contributed by atoms with Crippen LogP contribution < -0.4 is 0 Å². The van der Waals surface area contributed by atoms with Gasteiger partial charge in [-0.3, -0.25) is 4.99 Å². The number of nitrogens with one attached hydrogen (secondary N) is 1. The molecule has 3 heteroatoms. The van der Waals surface area contributed by atoms with Crippen LogP contribution in [0.5, 0.6) is 0 Å². The van der Waals surface area contributed by atoms with Crippen molar-refractivity contribution in [3.63, 3.8) is 0 Å². The number of imidazole rings is 1. The Hall–Kier alpha value is -1.12. The molecule has 0 aliphatic carbocycles. The highest BCUT2D eigenvalue weighted by Crippen LogP contribution is 1.82. The van der Waals surface area contributed by atoms with Gasteiger partial charge in [-0.1, -0.05) is 7.43 Å². The molecule has 0 aliphatic rings. The fourth-order valence-corrected chi connectivity index (χ4v) is 0.476. The number of aromatic nitrogens is 2. The molecule has 0 spiro atoms. The van der Waals surface area contributed by atoms with Crippen LogP contribution in [-0.4, -0.2) is 23.2 Å². The Morgan fingerprint density at radius 3 is 3.00 bits per heavy atom. The van der Waals surface area contributed by atoms with E-state index in [0.29, 0.717) is 0 Å². The lowest BCUT2D eigenvalue weighted by Gasteiger charge is -1.75. The second kappa shape index (κ2) is 3.83. The molecule has 50 valence electrons. The van der Waals surface area contributed by atoms with Gasteiger partial charge in [-0.25, -0.2) is 4.98 Å². The van der Waals surface area contributed by atoms with Crippen LogP contribution in [0.1, 0.15) is 13.1 Å². The lowest BCUT2D eigenvalue weighted by Crippen LogP contribution is -1.75. The van der Waals surface area contributed by atoms with E-state index < -0.39 is 0 Å². The number of aromatic amines is 1. The Kier molecular flexibility index (Phi) is 3.35. The molecule has 0 radical (unpaired) electrons. The van der Waals surface area contributed by atoms with E-state index >= 15 is 0 Å². The lowest BCUT2D eigenvalue weighted by molar-refractivity contribution is 1.30. The number of hydrogen-bond donors (Lipinski definition) is 1. The van der Waals surface area contributed by atoms with Crippen LogP contribution in [0, 0.1) is 0 Å². The summed E-state index contributed by atoms with van der Waals surface area (Å²) in [6, 6.07) is 0. The zero-order valence-electron chi connectivity index (χ0n) is 4.63. The van der Waals surface area contributed by atoms with Gasteiger partial charge < -0.3 is 4.98 Å². The first-order chi connectivity index (χ1) is 3.93. The van der Waals surface area contributed by atoms with Crippen molar-refractivity contribution in [1.82, 2.24) is 9.97 Å². The van der Waals surface area contributed by atoms with E-state index in [0.717, 1.165) is 5.69 Å². The number of H-pyrrole nitrogens is 1. The molecule has 1 heterocycles. The maximum atomic E-state index is 3.79. The Morgan fingerprint density at radius 1 is 1.78 bits per heavy atom. The van der Waals surface area contributed by atoms with Gasteiger partial charge in [0.25, 0.3) is 0 Å². The Morgan fingerprint density at radius 2 is 2.56 bits per heavy atom. The molecule has 0 aromatic carbocycles. The third-order valence-electron chi connectivity index (χ3n) is 0.788. The number of nitrogens with zero attached hydrogens (tertiary/aromatic N) is 2. The number of hydrogen-bond acceptors (Lipinski definition) is 2. The zero-order chi connectivity index (χ0) is 5.82. The summed E-state index contributed by atoms with van der Waals surface area (Å²) in [5, 5.41) is 0. The fraction of sp³-hybridized carbons (Fsp3) is 0.333. The molecule has 9 heavy (non-hydrogen) atoms. The quantitative estimate of drug-likeness (QED) is 0.561. The molecular weight excluding hydrogens is 114 g/mol. The van der Waals surface area contributed by atoms with E-state index in [-0.39, 0.29) is 7.43 Å². The molecule has 0 fully saturated rings. The minimum absolute atomic E-state index is 0. The minimum Gasteiger partial charge on any atom is -0.344 e. The summed E-state index contributed by atoms with van der Waals surface area (Å²) >= 11 is 0. The molecular formula is C6H11N3. The van der Waals surface area contributed by atoms with Crippen LogP contribution in [0.4, 0.5) is 0 Å². The van der Waals surface area contributed by atoms with Crippen molar-refractivity contribution in [2.45, 2.75) is 7.43 Å². The van der Waals surface area contributed by atoms with Gasteiger partial charge >= 0.3 is 0 Å². The van der Waals surface area contributed by atoms with Gasteiger partial charge in [0.1, 0.15) is 0 Å². The normalized spacial score (nSPS) is 9.44. The Labute approximate surface area is 54.9 Å². The van der Waals surface area contributed by atoms with Crippen molar-refractivity contribution in [2.24, 2.45) is 4.99 Å². The molecule has 0 unspecified atom stereocenters. The lowest BCUT2D eigenvalue weighted by atomic mass is 10.5. The average Bonchev–Trinajstić information content (AvgIpc) is 2.19. The van der Waals surface area contributed by atoms with Crippen LogP contribution in [0.25, 0.3) is 0 Å². The van der Waals surface area contributed by atoms with Crippen LogP contribution in [0.3, 0.4) is 0 Å². The predicted octanol–water partition coefficient (Wildman–Crippen LogP) is 1.09. The summed E-state index contributed by atoms with van der Waals surface area (Å²) in [6.07, 6.45) is 5.05. The van der Waals surface area contributed by atoms with Gasteiger partial charge in [0.15, 0.2) is 0 Å². The van der Waals surface area contributed by atoms with Crippen LogP contribution in [-0.2, 0) is 0 Å². The van der Waals surface area contributed by atoms with Crippen molar-refractivity contribution >= 4 is 6.21 Å². The highest BCUT2D eigenvalue weighted by Gasteiger charge is 1.81. The first kappa shape index (κ1) is 7.88. The smallest absolute Gasteiger partial charge is 0.0924 e. The Balaban J connectivity index is 0.000000640. The molecule has 0 saturated carbocycles. The number of rotatable bonds is 1. The molecule has 0 atom stereocenters.